The minimum Gasteiger partial charge on any atom is -0.340 e. The van der Waals surface area contributed by atoms with Crippen LogP contribution in [0, 0.1) is 24.5 Å². The molecule has 0 aliphatic carbocycles. The predicted molar refractivity (Wildman–Crippen MR) is 383 cm³/mol. The lowest BCUT2D eigenvalue weighted by Crippen LogP contribution is -1.97. The Labute approximate surface area is 537 Å². The van der Waals surface area contributed by atoms with Crippen LogP contribution < -0.4 is 0 Å². The highest BCUT2D eigenvalue weighted by atomic mass is 32.1. The van der Waals surface area contributed by atoms with E-state index >= 15 is 0 Å². The maximum Gasteiger partial charge on any atom is 0.263 e. The molecule has 0 N–H and O–H groups in total. The molecule has 11 heteroatoms. The van der Waals surface area contributed by atoms with Gasteiger partial charge in [-0.25, -0.2) is 15.0 Å². The third-order valence-electron chi connectivity index (χ3n) is 16.8. The summed E-state index contributed by atoms with van der Waals surface area (Å²) in [6, 6.07) is 57.0. The normalized spacial score (nSPS) is 12.1. The first-order valence-electron chi connectivity index (χ1n) is 31.1. The van der Waals surface area contributed by atoms with E-state index in [1.807, 2.05) is 64.4 Å². The fourth-order valence-electron chi connectivity index (χ4n) is 12.3. The number of para-hydroxylation sites is 2. The summed E-state index contributed by atoms with van der Waals surface area (Å²) in [5, 5.41) is 14.9. The van der Waals surface area contributed by atoms with E-state index in [0.717, 1.165) is 32.6 Å². The van der Waals surface area contributed by atoms with Crippen LogP contribution in [0.5, 0.6) is 0 Å². The highest BCUT2D eigenvalue weighted by Crippen LogP contribution is 2.54. The van der Waals surface area contributed by atoms with Crippen LogP contribution in [0.1, 0.15) is 133 Å². The maximum absolute atomic E-state index is 9.74. The lowest BCUT2D eigenvalue weighted by molar-refractivity contribution is 0.553. The van der Waals surface area contributed by atoms with Crippen molar-refractivity contribution in [2.75, 3.05) is 0 Å². The zero-order chi connectivity index (χ0) is 59.6. The average Bonchev–Trinajstić information content (AvgIpc) is 3.41. The van der Waals surface area contributed by atoms with Crippen molar-refractivity contribution in [1.82, 2.24) is 9.13 Å². The molecule has 0 bridgehead atoms. The molecule has 0 aliphatic rings. The van der Waals surface area contributed by atoms with E-state index in [2.05, 4.69) is 178 Å². The number of rotatable bonds is 27. The summed E-state index contributed by atoms with van der Waals surface area (Å²) in [6.45, 7) is 23.5. The molecule has 0 unspecified atom stereocenters. The molecule has 436 valence electrons. The number of benzene rings is 4. The average molecular weight is 1250 g/mol. The van der Waals surface area contributed by atoms with Gasteiger partial charge in [0.1, 0.15) is 0 Å². The highest BCUT2D eigenvalue weighted by Gasteiger charge is 2.25. The minimum atomic E-state index is 0.0871. The Morgan fingerprint density at radius 2 is 0.805 bits per heavy atom. The molecule has 0 saturated heterocycles. The Kier molecular flexibility index (Phi) is 19.4. The van der Waals surface area contributed by atoms with E-state index < -0.39 is 0 Å². The molecule has 0 radical (unpaired) electrons. The van der Waals surface area contributed by atoms with Gasteiger partial charge in [0.25, 0.3) is 5.70 Å². The van der Waals surface area contributed by atoms with Gasteiger partial charge >= 0.3 is 0 Å². The van der Waals surface area contributed by atoms with E-state index in [9.17, 15) is 5.26 Å². The zero-order valence-corrected chi connectivity index (χ0v) is 54.8. The fourth-order valence-corrected chi connectivity index (χ4v) is 19.1. The van der Waals surface area contributed by atoms with Crippen molar-refractivity contribution >= 4 is 124 Å². The van der Waals surface area contributed by atoms with Gasteiger partial charge in [0.2, 0.25) is 0 Å². The topological polar surface area (TPSA) is 42.4 Å². The molecule has 0 saturated carbocycles. The van der Waals surface area contributed by atoms with Crippen molar-refractivity contribution < 1.29 is 0 Å². The van der Waals surface area contributed by atoms with Gasteiger partial charge in [-0.05, 0) is 140 Å². The number of hydrogen-bond acceptors (Lipinski definition) is 7. The first-order valence-corrected chi connectivity index (χ1v) is 36.0. The lowest BCUT2D eigenvalue weighted by atomic mass is 9.98. The summed E-state index contributed by atoms with van der Waals surface area (Å²) in [7, 11) is 0. The number of allylic oxidation sites excluding steroid dienone is 2. The SMILES string of the molecule is [C-]#[N+]/C(C)=C\c1ccc(-c2ccc(-c3ccc(-c4cc(-c5ccc6c(c5)c5ccccc5n6CCCCCCCCCC)c(-c5sc(-c6ccc(/C=C(\C#N)[N+]#[C-])s6)cc5-c5ccc6c(c5)c5ccccc5n6CCCCCCCCCC)s4)s3)s2)s1. The molecular weight excluding hydrogens is 1180 g/mol. The molecule has 0 fully saturated rings. The van der Waals surface area contributed by atoms with Gasteiger partial charge in [0.15, 0.2) is 5.70 Å². The summed E-state index contributed by atoms with van der Waals surface area (Å²) in [5.41, 5.74) is 10.8. The smallest absolute Gasteiger partial charge is 0.263 e. The molecule has 4 aromatic carbocycles. The van der Waals surface area contributed by atoms with E-state index in [1.54, 1.807) is 28.7 Å². The van der Waals surface area contributed by atoms with Gasteiger partial charge in [-0.15, -0.1) is 68.0 Å². The van der Waals surface area contributed by atoms with Crippen LogP contribution >= 0.6 is 68.0 Å². The number of aryl methyl sites for hydroxylation is 2. The summed E-state index contributed by atoms with van der Waals surface area (Å²) < 4.78 is 5.15. The Balaban J connectivity index is 0.974. The fraction of sp³-hybridized carbons (Fsp3) is 0.276. The molecule has 12 aromatic rings. The van der Waals surface area contributed by atoms with Crippen molar-refractivity contribution in [1.29, 1.82) is 5.26 Å². The number of fused-ring (bicyclic) bond motifs is 6. The van der Waals surface area contributed by atoms with Crippen molar-refractivity contribution in [3.05, 3.63) is 190 Å². The maximum atomic E-state index is 9.74. The third-order valence-corrected chi connectivity index (χ3v) is 24.2. The standard InChI is InChI=1S/C76H71N5S6/c1-6-8-10-12-14-16-18-24-42-80-63-28-22-20-26-57(63)61-45-52(30-34-65(61)80)59-48-73(71-37-33-56(83-71)47-54(50-77)79-5)86-75(59)76-60(53-31-35-66-62(46-53)58-27-21-23-29-64(58)81(66)43-25-19-17-15-13-11-9-7-2)49-74(87-76)72-41-40-70(85-72)69-39-38-68(84-69)67-36-32-55(82-67)44-51(3)78-4/h20-23,26-41,44-49H,6-19,24-25,42-43H2,1-3H3/b51-44-,54-47+. The predicted octanol–water partition coefficient (Wildman–Crippen LogP) is 26.3. The van der Waals surface area contributed by atoms with Crippen LogP contribution in [-0.2, 0) is 13.1 Å². The quantitative estimate of drug-likeness (QED) is 0.0287. The van der Waals surface area contributed by atoms with Crippen molar-refractivity contribution in [2.24, 2.45) is 0 Å². The molecular formula is C76H71N5S6. The summed E-state index contributed by atoms with van der Waals surface area (Å²) in [5.74, 6) is 0. The van der Waals surface area contributed by atoms with Gasteiger partial charge in [-0.1, -0.05) is 152 Å². The molecule has 12 rings (SSSR count). The third kappa shape index (κ3) is 13.3. The van der Waals surface area contributed by atoms with Gasteiger partial charge < -0.3 is 9.13 Å². The molecule has 0 atom stereocenters. The van der Waals surface area contributed by atoms with Gasteiger partial charge in [-0.2, -0.15) is 0 Å². The molecule has 8 heterocycles. The molecule has 8 aromatic heterocycles. The first kappa shape index (κ1) is 59.9. The van der Waals surface area contributed by atoms with Crippen LogP contribution in [0.15, 0.2) is 157 Å². The Morgan fingerprint density at radius 1 is 0.414 bits per heavy atom. The van der Waals surface area contributed by atoms with Crippen LogP contribution in [-0.4, -0.2) is 9.13 Å². The van der Waals surface area contributed by atoms with Gasteiger partial charge in [-0.3, -0.25) is 0 Å². The molecule has 0 amide bonds. The molecule has 87 heavy (non-hydrogen) atoms. The second-order valence-electron chi connectivity index (χ2n) is 22.8. The van der Waals surface area contributed by atoms with E-state index in [0.29, 0.717) is 5.70 Å². The van der Waals surface area contributed by atoms with E-state index in [1.165, 1.54) is 208 Å². The number of nitrogens with zero attached hydrogens (tertiary/aromatic N) is 5. The zero-order valence-electron chi connectivity index (χ0n) is 49.9. The number of hydrogen-bond donors (Lipinski definition) is 0. The van der Waals surface area contributed by atoms with E-state index in [4.69, 9.17) is 13.1 Å². The van der Waals surface area contributed by atoms with Crippen molar-refractivity contribution in [2.45, 2.75) is 137 Å². The van der Waals surface area contributed by atoms with Crippen LogP contribution in [0.4, 0.5) is 0 Å². The lowest BCUT2D eigenvalue weighted by Gasteiger charge is -2.10. The second kappa shape index (κ2) is 28.2. The summed E-state index contributed by atoms with van der Waals surface area (Å²) >= 11 is 10.8. The Morgan fingerprint density at radius 3 is 1.25 bits per heavy atom. The first-order chi connectivity index (χ1) is 42.8. The van der Waals surface area contributed by atoms with Crippen molar-refractivity contribution in [3.63, 3.8) is 0 Å². The van der Waals surface area contributed by atoms with Gasteiger partial charge in [0.05, 0.1) is 29.0 Å². The largest absolute Gasteiger partial charge is 0.340 e. The summed E-state index contributed by atoms with van der Waals surface area (Å²) in [4.78, 5) is 21.3. The van der Waals surface area contributed by atoms with Gasteiger partial charge in [0, 0.05) is 117 Å². The Hall–Kier alpha value is -7.37. The van der Waals surface area contributed by atoms with Crippen LogP contribution in [0.25, 0.3) is 136 Å². The molecule has 0 spiro atoms. The number of aromatic nitrogens is 2. The number of thiophene rings is 6. The second-order valence-corrected chi connectivity index (χ2v) is 29.3. The number of nitriles is 1. The monoisotopic (exact) mass is 1250 g/mol. The van der Waals surface area contributed by atoms with Crippen LogP contribution in [0.2, 0.25) is 0 Å². The number of unbranched alkanes of at least 4 members (excludes halogenated alkanes) is 14. The van der Waals surface area contributed by atoms with Crippen molar-refractivity contribution in [3.8, 4) is 77.1 Å². The molecule has 5 nitrogen and oxygen atoms in total. The van der Waals surface area contributed by atoms with Crippen LogP contribution in [0.3, 0.4) is 0 Å². The molecule has 0 aliphatic heterocycles. The minimum absolute atomic E-state index is 0.0871. The Bertz CT molecular complexity index is 4570. The van der Waals surface area contributed by atoms with E-state index in [-0.39, 0.29) is 5.70 Å². The summed E-state index contributed by atoms with van der Waals surface area (Å²) in [6.07, 6.45) is 24.4. The highest BCUT2D eigenvalue weighted by molar-refractivity contribution is 7.31.